The van der Waals surface area contributed by atoms with Gasteiger partial charge in [0.1, 0.15) is 12.4 Å². The summed E-state index contributed by atoms with van der Waals surface area (Å²) in [4.78, 5) is 30.9. The molecule has 0 unspecified atom stereocenters. The van der Waals surface area contributed by atoms with Gasteiger partial charge in [0.15, 0.2) is 11.5 Å². The second kappa shape index (κ2) is 10.5. The maximum absolute atomic E-state index is 13.4. The molecule has 1 aliphatic rings. The van der Waals surface area contributed by atoms with Gasteiger partial charge in [0.25, 0.3) is 5.91 Å². The van der Waals surface area contributed by atoms with Crippen molar-refractivity contribution < 1.29 is 23.5 Å². The highest BCUT2D eigenvalue weighted by Gasteiger charge is 2.24. The number of aryl methyl sites for hydroxylation is 1. The van der Waals surface area contributed by atoms with Gasteiger partial charge in [-0.2, -0.15) is 0 Å². The second-order valence-corrected chi connectivity index (χ2v) is 8.95. The molecule has 2 aromatic carbocycles. The first-order valence-electron chi connectivity index (χ1n) is 10.8. The molecule has 4 rings (SSSR count). The molecule has 0 saturated carbocycles. The first-order chi connectivity index (χ1) is 16.4. The summed E-state index contributed by atoms with van der Waals surface area (Å²) in [6.45, 7) is 6.65. The SMILES string of the molecule is C=CCN(CC(=O)N(Cc1ccc(F)cc1)Cc1sccc1C)C(=O)c1ccc2c(c1)OCO2. The van der Waals surface area contributed by atoms with Crippen molar-refractivity contribution in [2.45, 2.75) is 20.0 Å². The Hall–Kier alpha value is -3.65. The van der Waals surface area contributed by atoms with Gasteiger partial charge < -0.3 is 19.3 Å². The molecule has 0 aliphatic carbocycles. The molecular formula is C26H25FN2O4S. The van der Waals surface area contributed by atoms with Crippen LogP contribution in [-0.4, -0.2) is 41.5 Å². The van der Waals surface area contributed by atoms with Crippen LogP contribution in [0.4, 0.5) is 4.39 Å². The molecule has 0 spiro atoms. The number of carbonyl (C=O) groups is 2. The zero-order chi connectivity index (χ0) is 24.1. The third-order valence-corrected chi connectivity index (χ3v) is 6.53. The summed E-state index contributed by atoms with van der Waals surface area (Å²) in [5.74, 6) is 0.234. The van der Waals surface area contributed by atoms with Gasteiger partial charge in [-0.15, -0.1) is 17.9 Å². The minimum Gasteiger partial charge on any atom is -0.454 e. The maximum Gasteiger partial charge on any atom is 0.254 e. The van der Waals surface area contributed by atoms with Crippen molar-refractivity contribution >= 4 is 23.2 Å². The van der Waals surface area contributed by atoms with Crippen molar-refractivity contribution in [2.75, 3.05) is 19.9 Å². The molecule has 176 valence electrons. The number of hydrogen-bond donors (Lipinski definition) is 0. The Morgan fingerprint density at radius 1 is 1.06 bits per heavy atom. The van der Waals surface area contributed by atoms with E-state index < -0.39 is 0 Å². The van der Waals surface area contributed by atoms with Crippen molar-refractivity contribution in [3.63, 3.8) is 0 Å². The van der Waals surface area contributed by atoms with Crippen LogP contribution in [0.25, 0.3) is 0 Å². The Balaban J connectivity index is 1.54. The summed E-state index contributed by atoms with van der Waals surface area (Å²) in [7, 11) is 0. The molecule has 2 amide bonds. The lowest BCUT2D eigenvalue weighted by Crippen LogP contribution is -2.42. The quantitative estimate of drug-likeness (QED) is 0.414. The monoisotopic (exact) mass is 480 g/mol. The maximum atomic E-state index is 13.4. The Labute approximate surface area is 201 Å². The largest absolute Gasteiger partial charge is 0.454 e. The first-order valence-corrected chi connectivity index (χ1v) is 11.7. The lowest BCUT2D eigenvalue weighted by atomic mass is 10.1. The van der Waals surface area contributed by atoms with E-state index in [4.69, 9.17) is 9.47 Å². The van der Waals surface area contributed by atoms with Crippen LogP contribution in [0.2, 0.25) is 0 Å². The fourth-order valence-electron chi connectivity index (χ4n) is 3.63. The van der Waals surface area contributed by atoms with Crippen molar-refractivity contribution in [3.05, 3.63) is 94.0 Å². The number of ether oxygens (including phenoxy) is 2. The summed E-state index contributed by atoms with van der Waals surface area (Å²) in [6.07, 6.45) is 1.59. The molecule has 1 aromatic heterocycles. The van der Waals surface area contributed by atoms with Crippen molar-refractivity contribution in [3.8, 4) is 11.5 Å². The minimum absolute atomic E-state index is 0.113. The summed E-state index contributed by atoms with van der Waals surface area (Å²) in [5.41, 5.74) is 2.31. The normalized spacial score (nSPS) is 11.8. The van der Waals surface area contributed by atoms with E-state index in [1.54, 1.807) is 52.6 Å². The van der Waals surface area contributed by atoms with Crippen LogP contribution in [0.1, 0.15) is 26.4 Å². The number of hydrogen-bond acceptors (Lipinski definition) is 5. The molecule has 3 aromatic rings. The van der Waals surface area contributed by atoms with Crippen LogP contribution in [0, 0.1) is 12.7 Å². The highest BCUT2D eigenvalue weighted by atomic mass is 32.1. The molecule has 0 saturated heterocycles. The Morgan fingerprint density at radius 3 is 2.53 bits per heavy atom. The zero-order valence-corrected chi connectivity index (χ0v) is 19.6. The Kier molecular flexibility index (Phi) is 7.27. The fourth-order valence-corrected chi connectivity index (χ4v) is 4.55. The van der Waals surface area contributed by atoms with E-state index in [0.29, 0.717) is 30.2 Å². The Morgan fingerprint density at radius 2 is 1.82 bits per heavy atom. The number of carbonyl (C=O) groups excluding carboxylic acids is 2. The number of thiophene rings is 1. The van der Waals surface area contributed by atoms with E-state index in [0.717, 1.165) is 16.0 Å². The number of amides is 2. The number of fused-ring (bicyclic) bond motifs is 1. The van der Waals surface area contributed by atoms with Gasteiger partial charge in [-0.25, -0.2) is 4.39 Å². The summed E-state index contributed by atoms with van der Waals surface area (Å²) < 4.78 is 24.1. The van der Waals surface area contributed by atoms with Crippen LogP contribution < -0.4 is 9.47 Å². The highest BCUT2D eigenvalue weighted by molar-refractivity contribution is 7.10. The summed E-state index contributed by atoms with van der Waals surface area (Å²) in [5, 5.41) is 1.98. The topological polar surface area (TPSA) is 59.1 Å². The fraction of sp³-hybridized carbons (Fsp3) is 0.231. The lowest BCUT2D eigenvalue weighted by molar-refractivity contribution is -0.133. The van der Waals surface area contributed by atoms with Gasteiger partial charge >= 0.3 is 0 Å². The average molecular weight is 481 g/mol. The average Bonchev–Trinajstić information content (AvgIpc) is 3.47. The molecule has 0 N–H and O–H groups in total. The number of benzene rings is 2. The van der Waals surface area contributed by atoms with Gasteiger partial charge in [-0.05, 0) is 59.8 Å². The lowest BCUT2D eigenvalue weighted by Gasteiger charge is -2.27. The van der Waals surface area contributed by atoms with Crippen LogP contribution in [0.15, 0.2) is 66.6 Å². The second-order valence-electron chi connectivity index (χ2n) is 7.95. The number of rotatable bonds is 9. The van der Waals surface area contributed by atoms with Crippen LogP contribution in [0.5, 0.6) is 11.5 Å². The van der Waals surface area contributed by atoms with Crippen LogP contribution >= 0.6 is 11.3 Å². The van der Waals surface area contributed by atoms with E-state index in [-0.39, 0.29) is 37.5 Å². The highest BCUT2D eigenvalue weighted by Crippen LogP contribution is 2.32. The zero-order valence-electron chi connectivity index (χ0n) is 18.8. The van der Waals surface area contributed by atoms with Crippen LogP contribution in [-0.2, 0) is 17.9 Å². The van der Waals surface area contributed by atoms with Crippen molar-refractivity contribution in [2.24, 2.45) is 0 Å². The van der Waals surface area contributed by atoms with Gasteiger partial charge in [-0.3, -0.25) is 9.59 Å². The van der Waals surface area contributed by atoms with Gasteiger partial charge in [0, 0.05) is 23.5 Å². The predicted octanol–water partition coefficient (Wildman–Crippen LogP) is 4.78. The molecule has 2 heterocycles. The molecule has 34 heavy (non-hydrogen) atoms. The Bertz CT molecular complexity index is 1190. The first kappa shape index (κ1) is 23.5. The van der Waals surface area contributed by atoms with E-state index in [2.05, 4.69) is 6.58 Å². The molecule has 1 aliphatic heterocycles. The molecular weight excluding hydrogens is 455 g/mol. The van der Waals surface area contributed by atoms with Gasteiger partial charge in [0.2, 0.25) is 12.7 Å². The smallest absolute Gasteiger partial charge is 0.254 e. The molecule has 0 atom stereocenters. The molecule has 0 fully saturated rings. The third kappa shape index (κ3) is 5.46. The molecule has 6 nitrogen and oxygen atoms in total. The summed E-state index contributed by atoms with van der Waals surface area (Å²) in [6, 6.07) is 13.0. The summed E-state index contributed by atoms with van der Waals surface area (Å²) >= 11 is 1.58. The molecule has 8 heteroatoms. The van der Waals surface area contributed by atoms with E-state index >= 15 is 0 Å². The van der Waals surface area contributed by atoms with Crippen LogP contribution in [0.3, 0.4) is 0 Å². The van der Waals surface area contributed by atoms with E-state index in [9.17, 15) is 14.0 Å². The van der Waals surface area contributed by atoms with Crippen molar-refractivity contribution in [1.29, 1.82) is 0 Å². The standard InChI is InChI=1S/C26H25FN2O4S/c1-3-11-28(26(31)20-6-9-22-23(13-20)33-17-32-22)16-25(30)29(15-24-18(2)10-12-34-24)14-19-4-7-21(27)8-5-19/h3-10,12-13H,1,11,14-17H2,2H3. The minimum atomic E-state index is -0.331. The number of nitrogens with zero attached hydrogens (tertiary/aromatic N) is 2. The predicted molar refractivity (Wildman–Crippen MR) is 128 cm³/mol. The van der Waals surface area contributed by atoms with Gasteiger partial charge in [0.05, 0.1) is 6.54 Å². The van der Waals surface area contributed by atoms with Gasteiger partial charge in [-0.1, -0.05) is 18.2 Å². The number of halogens is 1. The molecule has 0 radical (unpaired) electrons. The third-order valence-electron chi connectivity index (χ3n) is 5.52. The van der Waals surface area contributed by atoms with E-state index in [1.165, 1.54) is 17.0 Å². The van der Waals surface area contributed by atoms with Crippen molar-refractivity contribution in [1.82, 2.24) is 9.80 Å². The van der Waals surface area contributed by atoms with E-state index in [1.807, 2.05) is 18.4 Å². The molecule has 0 bridgehead atoms.